The third-order valence-corrected chi connectivity index (χ3v) is 5.95. The second-order valence-corrected chi connectivity index (χ2v) is 7.20. The van der Waals surface area contributed by atoms with E-state index < -0.39 is 17.0 Å². The number of halogens is 2. The lowest BCUT2D eigenvalue weighted by atomic mass is 9.67. The van der Waals surface area contributed by atoms with Gasteiger partial charge in [0.05, 0.1) is 11.0 Å². The Morgan fingerprint density at radius 3 is 2.33 bits per heavy atom. The van der Waals surface area contributed by atoms with Gasteiger partial charge in [-0.3, -0.25) is 5.41 Å². The number of benzene rings is 1. The molecule has 2 aliphatic carbocycles. The molecule has 1 aromatic rings. The van der Waals surface area contributed by atoms with E-state index in [0.717, 1.165) is 12.0 Å². The molecule has 1 aromatic carbocycles. The van der Waals surface area contributed by atoms with Crippen molar-refractivity contribution < 1.29 is 8.78 Å². The van der Waals surface area contributed by atoms with E-state index >= 15 is 0 Å². The number of hydrogen-bond donors (Lipinski definition) is 4. The molecule has 128 valence electrons. The van der Waals surface area contributed by atoms with Gasteiger partial charge in [0, 0.05) is 11.4 Å². The van der Waals surface area contributed by atoms with Crippen molar-refractivity contribution in [3.05, 3.63) is 52.7 Å². The van der Waals surface area contributed by atoms with E-state index in [1.165, 1.54) is 18.2 Å². The molecule has 4 nitrogen and oxygen atoms in total. The predicted octanol–water partition coefficient (Wildman–Crippen LogP) is 2.85. The molecule has 7 N–H and O–H groups in total. The second-order valence-electron chi connectivity index (χ2n) is 7.20. The molecule has 6 heteroatoms. The van der Waals surface area contributed by atoms with E-state index in [9.17, 15) is 8.78 Å². The predicted molar refractivity (Wildman–Crippen MR) is 90.6 cm³/mol. The van der Waals surface area contributed by atoms with E-state index in [1.54, 1.807) is 6.08 Å². The monoisotopic (exact) mass is 332 g/mol. The normalized spacial score (nSPS) is 28.5. The maximum atomic E-state index is 14.0. The standard InChI is InChI=1S/C18H22F2N4/c1-17(2)10-6-7-18(17,16(23)24)15(22)9(10)8-13(21)14-11(19)4-3-5-12(14)20/h3-5,8,10H,6-7,21-22H2,1-2H3,(H3,23,24)/b13-8-/t10-,18+/m0/s1. The third kappa shape index (κ3) is 1.85. The lowest BCUT2D eigenvalue weighted by Crippen LogP contribution is -2.46. The maximum absolute atomic E-state index is 14.0. The van der Waals surface area contributed by atoms with E-state index in [1.807, 2.05) is 13.8 Å². The molecule has 0 saturated heterocycles. The first-order valence-electron chi connectivity index (χ1n) is 7.90. The minimum Gasteiger partial charge on any atom is -0.401 e. The highest BCUT2D eigenvalue weighted by Gasteiger charge is 2.64. The van der Waals surface area contributed by atoms with Crippen LogP contribution >= 0.6 is 0 Å². The van der Waals surface area contributed by atoms with Gasteiger partial charge in [-0.1, -0.05) is 19.9 Å². The Morgan fingerprint density at radius 2 is 1.83 bits per heavy atom. The number of rotatable bonds is 3. The fourth-order valence-electron chi connectivity index (χ4n) is 4.62. The van der Waals surface area contributed by atoms with Crippen molar-refractivity contribution in [3.63, 3.8) is 0 Å². The van der Waals surface area contributed by atoms with Gasteiger partial charge in [0.2, 0.25) is 0 Å². The van der Waals surface area contributed by atoms with Gasteiger partial charge in [0.25, 0.3) is 0 Å². The Kier molecular flexibility index (Phi) is 3.48. The van der Waals surface area contributed by atoms with Gasteiger partial charge < -0.3 is 17.2 Å². The van der Waals surface area contributed by atoms with Crippen LogP contribution in [0.25, 0.3) is 5.70 Å². The van der Waals surface area contributed by atoms with Crippen molar-refractivity contribution in [2.75, 3.05) is 0 Å². The summed E-state index contributed by atoms with van der Waals surface area (Å²) < 4.78 is 27.9. The first kappa shape index (κ1) is 16.5. The molecule has 0 aliphatic heterocycles. The van der Waals surface area contributed by atoms with Gasteiger partial charge in [-0.25, -0.2) is 8.78 Å². The summed E-state index contributed by atoms with van der Waals surface area (Å²) in [5.74, 6) is -1.35. The Hall–Kier alpha value is -2.37. The van der Waals surface area contributed by atoms with Crippen LogP contribution in [-0.4, -0.2) is 5.84 Å². The summed E-state index contributed by atoms with van der Waals surface area (Å²) in [5, 5.41) is 8.05. The zero-order valence-electron chi connectivity index (χ0n) is 13.8. The van der Waals surface area contributed by atoms with Gasteiger partial charge >= 0.3 is 0 Å². The second kappa shape index (κ2) is 5.06. The lowest BCUT2D eigenvalue weighted by molar-refractivity contribution is 0.217. The average Bonchev–Trinajstić information content (AvgIpc) is 2.83. The van der Waals surface area contributed by atoms with Crippen molar-refractivity contribution in [2.24, 2.45) is 33.9 Å². The molecule has 0 unspecified atom stereocenters. The SMILES string of the molecule is CC1(C)[C@H]2CC[C@]1(C(=N)N)C(N)=C2/C=C(\N)c1c(F)cccc1F. The van der Waals surface area contributed by atoms with Gasteiger partial charge in [0.15, 0.2) is 0 Å². The highest BCUT2D eigenvalue weighted by molar-refractivity contribution is 5.90. The fourth-order valence-corrected chi connectivity index (χ4v) is 4.62. The number of amidine groups is 1. The number of allylic oxidation sites excluding steroid dienone is 2. The minimum absolute atomic E-state index is 0.00870. The van der Waals surface area contributed by atoms with E-state index in [4.69, 9.17) is 22.6 Å². The zero-order chi connectivity index (χ0) is 17.9. The number of nitrogens with two attached hydrogens (primary N) is 3. The molecular weight excluding hydrogens is 310 g/mol. The smallest absolute Gasteiger partial charge is 0.135 e. The van der Waals surface area contributed by atoms with Crippen LogP contribution in [0.1, 0.15) is 32.3 Å². The van der Waals surface area contributed by atoms with Crippen molar-refractivity contribution in [1.29, 1.82) is 5.41 Å². The highest BCUT2D eigenvalue weighted by Crippen LogP contribution is 2.67. The Morgan fingerprint density at radius 1 is 1.25 bits per heavy atom. The number of nitrogens with one attached hydrogen (secondary N) is 1. The number of fused-ring (bicyclic) bond motifs is 2. The molecule has 2 bridgehead atoms. The molecule has 24 heavy (non-hydrogen) atoms. The van der Waals surface area contributed by atoms with E-state index in [0.29, 0.717) is 12.1 Å². The summed E-state index contributed by atoms with van der Waals surface area (Å²) in [6.45, 7) is 4.05. The van der Waals surface area contributed by atoms with Gasteiger partial charge in [0.1, 0.15) is 17.5 Å². The minimum atomic E-state index is -0.716. The molecule has 3 rings (SSSR count). The number of hydrogen-bond acceptors (Lipinski definition) is 3. The summed E-state index contributed by atoms with van der Waals surface area (Å²) in [6.07, 6.45) is 3.07. The quantitative estimate of drug-likeness (QED) is 0.505. The molecule has 0 aromatic heterocycles. The highest BCUT2D eigenvalue weighted by atomic mass is 19.1. The molecule has 1 saturated carbocycles. The summed E-state index contributed by atoms with van der Waals surface area (Å²) in [4.78, 5) is 0. The largest absolute Gasteiger partial charge is 0.401 e. The fraction of sp³-hybridized carbons (Fsp3) is 0.389. The average molecular weight is 332 g/mol. The van der Waals surface area contributed by atoms with Crippen molar-refractivity contribution >= 4 is 11.5 Å². The molecular formula is C18H22F2N4. The van der Waals surface area contributed by atoms with Crippen molar-refractivity contribution in [2.45, 2.75) is 26.7 Å². The lowest BCUT2D eigenvalue weighted by Gasteiger charge is -2.38. The Balaban J connectivity index is 2.14. The van der Waals surface area contributed by atoms with Crippen LogP contribution in [0.4, 0.5) is 8.78 Å². The van der Waals surface area contributed by atoms with Crippen LogP contribution in [0.15, 0.2) is 35.5 Å². The first-order valence-corrected chi connectivity index (χ1v) is 7.90. The summed E-state index contributed by atoms with van der Waals surface area (Å²) >= 11 is 0. The van der Waals surface area contributed by atoms with E-state index in [2.05, 4.69) is 0 Å². The molecule has 2 atom stereocenters. The summed E-state index contributed by atoms with van der Waals surface area (Å²) in [7, 11) is 0. The van der Waals surface area contributed by atoms with Crippen LogP contribution in [0.2, 0.25) is 0 Å². The summed E-state index contributed by atoms with van der Waals surface area (Å²) in [6, 6.07) is 3.62. The van der Waals surface area contributed by atoms with E-state index in [-0.39, 0.29) is 28.4 Å². The molecule has 0 heterocycles. The first-order chi connectivity index (χ1) is 11.1. The summed E-state index contributed by atoms with van der Waals surface area (Å²) in [5.41, 5.74) is 18.1. The molecule has 1 fully saturated rings. The zero-order valence-corrected chi connectivity index (χ0v) is 13.8. The van der Waals surface area contributed by atoms with Crippen molar-refractivity contribution in [1.82, 2.24) is 0 Å². The Bertz CT molecular complexity index is 774. The van der Waals surface area contributed by atoms with Gasteiger partial charge in [-0.2, -0.15) is 0 Å². The van der Waals surface area contributed by atoms with Gasteiger partial charge in [-0.05, 0) is 48.0 Å². The van der Waals surface area contributed by atoms with Crippen LogP contribution < -0.4 is 17.2 Å². The maximum Gasteiger partial charge on any atom is 0.135 e. The third-order valence-electron chi connectivity index (χ3n) is 5.95. The van der Waals surface area contributed by atoms with Crippen LogP contribution in [0.5, 0.6) is 0 Å². The van der Waals surface area contributed by atoms with Crippen molar-refractivity contribution in [3.8, 4) is 0 Å². The molecule has 0 radical (unpaired) electrons. The molecule has 2 aliphatic rings. The van der Waals surface area contributed by atoms with Gasteiger partial charge in [-0.15, -0.1) is 0 Å². The molecule has 0 spiro atoms. The van der Waals surface area contributed by atoms with Crippen LogP contribution in [-0.2, 0) is 0 Å². The van der Waals surface area contributed by atoms with Crippen LogP contribution in [0, 0.1) is 33.8 Å². The Labute approximate surface area is 139 Å². The molecule has 0 amide bonds. The topological polar surface area (TPSA) is 102 Å². The van der Waals surface area contributed by atoms with Crippen LogP contribution in [0.3, 0.4) is 0 Å².